The Bertz CT molecular complexity index is 1140. The Hall–Kier alpha value is -4.00. The maximum absolute atomic E-state index is 13.1. The molecule has 2 aromatic heterocycles. The van der Waals surface area contributed by atoms with E-state index in [1.165, 1.54) is 0 Å². The zero-order valence-electron chi connectivity index (χ0n) is 17.3. The van der Waals surface area contributed by atoms with Crippen molar-refractivity contribution in [3.05, 3.63) is 90.0 Å². The average molecular weight is 418 g/mol. The standard InChI is InChI=1S/C24H22N2O5/c1-28-19-10-11-21(22(14-19)29-2)23-13-18(25-31-23)15-26(16-20-9-6-12-30-20)24(27)17-7-4-3-5-8-17/h3-14H,15-16H2,1-2H3. The van der Waals surface area contributed by atoms with E-state index in [1.54, 1.807) is 55.7 Å². The number of hydrogen-bond acceptors (Lipinski definition) is 6. The zero-order valence-corrected chi connectivity index (χ0v) is 17.3. The van der Waals surface area contributed by atoms with Crippen LogP contribution in [0.4, 0.5) is 0 Å². The van der Waals surface area contributed by atoms with E-state index < -0.39 is 0 Å². The third kappa shape index (κ3) is 4.61. The first kappa shape index (κ1) is 20.3. The Balaban J connectivity index is 1.59. The van der Waals surface area contributed by atoms with Crippen LogP contribution in [0.3, 0.4) is 0 Å². The molecule has 0 saturated heterocycles. The van der Waals surface area contributed by atoms with Gasteiger partial charge < -0.3 is 23.3 Å². The van der Waals surface area contributed by atoms with Gasteiger partial charge in [0.25, 0.3) is 5.91 Å². The van der Waals surface area contributed by atoms with Gasteiger partial charge in [-0.1, -0.05) is 23.4 Å². The highest BCUT2D eigenvalue weighted by molar-refractivity contribution is 5.94. The molecule has 0 spiro atoms. The van der Waals surface area contributed by atoms with Crippen LogP contribution in [-0.4, -0.2) is 30.2 Å². The first-order valence-corrected chi connectivity index (χ1v) is 9.72. The van der Waals surface area contributed by atoms with Crippen molar-refractivity contribution in [1.82, 2.24) is 10.1 Å². The van der Waals surface area contributed by atoms with Gasteiger partial charge in [-0.05, 0) is 36.4 Å². The van der Waals surface area contributed by atoms with Crippen molar-refractivity contribution in [2.45, 2.75) is 13.1 Å². The Morgan fingerprint density at radius 2 is 1.81 bits per heavy atom. The topological polar surface area (TPSA) is 77.9 Å². The highest BCUT2D eigenvalue weighted by atomic mass is 16.5. The van der Waals surface area contributed by atoms with Crippen LogP contribution in [0.15, 0.2) is 81.9 Å². The fraction of sp³-hybridized carbons (Fsp3) is 0.167. The number of furan rings is 1. The van der Waals surface area contributed by atoms with E-state index in [1.807, 2.05) is 36.4 Å². The molecule has 0 aliphatic rings. The summed E-state index contributed by atoms with van der Waals surface area (Å²) in [5, 5.41) is 4.17. The van der Waals surface area contributed by atoms with Gasteiger partial charge in [-0.25, -0.2) is 0 Å². The lowest BCUT2D eigenvalue weighted by Gasteiger charge is -2.20. The maximum Gasteiger partial charge on any atom is 0.254 e. The van der Waals surface area contributed by atoms with Gasteiger partial charge in [0.2, 0.25) is 0 Å². The number of hydrogen-bond donors (Lipinski definition) is 0. The fourth-order valence-corrected chi connectivity index (χ4v) is 3.26. The molecule has 0 bridgehead atoms. The Morgan fingerprint density at radius 3 is 2.52 bits per heavy atom. The minimum absolute atomic E-state index is 0.122. The molecule has 2 aromatic carbocycles. The first-order valence-electron chi connectivity index (χ1n) is 9.72. The number of methoxy groups -OCH3 is 2. The van der Waals surface area contributed by atoms with Gasteiger partial charge in [0.1, 0.15) is 23.0 Å². The first-order chi connectivity index (χ1) is 15.2. The van der Waals surface area contributed by atoms with E-state index in [9.17, 15) is 4.79 Å². The summed E-state index contributed by atoms with van der Waals surface area (Å²) < 4.78 is 21.7. The Kier molecular flexibility index (Phi) is 6.03. The summed E-state index contributed by atoms with van der Waals surface area (Å²) in [5.41, 5.74) is 1.95. The quantitative estimate of drug-likeness (QED) is 0.409. The van der Waals surface area contributed by atoms with Gasteiger partial charge in [0, 0.05) is 17.7 Å². The van der Waals surface area contributed by atoms with Crippen molar-refractivity contribution >= 4 is 5.91 Å². The molecule has 0 unspecified atom stereocenters. The van der Waals surface area contributed by atoms with E-state index in [0.717, 1.165) is 5.56 Å². The Labute approximate surface area is 179 Å². The van der Waals surface area contributed by atoms with Crippen molar-refractivity contribution in [2.75, 3.05) is 14.2 Å². The molecule has 0 atom stereocenters. The van der Waals surface area contributed by atoms with Gasteiger partial charge in [-0.15, -0.1) is 0 Å². The number of rotatable bonds is 8. The number of aromatic nitrogens is 1. The molecule has 7 heteroatoms. The van der Waals surface area contributed by atoms with Gasteiger partial charge in [-0.3, -0.25) is 4.79 Å². The van der Waals surface area contributed by atoms with Crippen LogP contribution in [-0.2, 0) is 13.1 Å². The molecule has 7 nitrogen and oxygen atoms in total. The molecule has 1 amide bonds. The van der Waals surface area contributed by atoms with Gasteiger partial charge >= 0.3 is 0 Å². The second-order valence-corrected chi connectivity index (χ2v) is 6.86. The molecule has 0 aliphatic heterocycles. The van der Waals surface area contributed by atoms with E-state index in [4.69, 9.17) is 18.4 Å². The molecule has 0 radical (unpaired) electrons. The summed E-state index contributed by atoms with van der Waals surface area (Å²) in [4.78, 5) is 14.8. The number of nitrogens with zero attached hydrogens (tertiary/aromatic N) is 2. The van der Waals surface area contributed by atoms with Crippen LogP contribution in [0.25, 0.3) is 11.3 Å². The lowest BCUT2D eigenvalue weighted by molar-refractivity contribution is 0.0713. The summed E-state index contributed by atoms with van der Waals surface area (Å²) in [6, 6.07) is 20.0. The predicted molar refractivity (Wildman–Crippen MR) is 114 cm³/mol. The van der Waals surface area contributed by atoms with E-state index in [2.05, 4.69) is 5.16 Å². The number of carbonyl (C=O) groups excluding carboxylic acids is 1. The summed E-state index contributed by atoms with van der Waals surface area (Å²) >= 11 is 0. The third-order valence-electron chi connectivity index (χ3n) is 4.82. The van der Waals surface area contributed by atoms with Gasteiger partial charge in [-0.2, -0.15) is 0 Å². The minimum Gasteiger partial charge on any atom is -0.497 e. The maximum atomic E-state index is 13.1. The molecule has 2 heterocycles. The van der Waals surface area contributed by atoms with Crippen molar-refractivity contribution in [3.63, 3.8) is 0 Å². The number of benzene rings is 2. The number of carbonyl (C=O) groups is 1. The van der Waals surface area contributed by atoms with Crippen molar-refractivity contribution in [3.8, 4) is 22.8 Å². The molecule has 0 N–H and O–H groups in total. The molecular formula is C24H22N2O5. The smallest absolute Gasteiger partial charge is 0.254 e. The summed E-state index contributed by atoms with van der Waals surface area (Å²) in [5.74, 6) is 2.39. The van der Waals surface area contributed by atoms with E-state index in [0.29, 0.717) is 40.8 Å². The highest BCUT2D eigenvalue weighted by Crippen LogP contribution is 2.33. The van der Waals surface area contributed by atoms with Crippen molar-refractivity contribution in [1.29, 1.82) is 0 Å². The van der Waals surface area contributed by atoms with Crippen LogP contribution < -0.4 is 9.47 Å². The molecule has 4 rings (SSSR count). The molecule has 4 aromatic rings. The van der Waals surface area contributed by atoms with Crippen LogP contribution in [0, 0.1) is 0 Å². The lowest BCUT2D eigenvalue weighted by atomic mass is 10.1. The van der Waals surface area contributed by atoms with Crippen LogP contribution in [0.5, 0.6) is 11.5 Å². The van der Waals surface area contributed by atoms with Crippen LogP contribution >= 0.6 is 0 Å². The average Bonchev–Trinajstić information content (AvgIpc) is 3.50. The molecule has 0 saturated carbocycles. The summed E-state index contributed by atoms with van der Waals surface area (Å²) in [6.07, 6.45) is 1.59. The van der Waals surface area contributed by atoms with E-state index >= 15 is 0 Å². The zero-order chi connectivity index (χ0) is 21.6. The second kappa shape index (κ2) is 9.21. The number of ether oxygens (including phenoxy) is 2. The van der Waals surface area contributed by atoms with Gasteiger partial charge in [0.15, 0.2) is 5.76 Å². The molecule has 31 heavy (non-hydrogen) atoms. The molecule has 158 valence electrons. The molecular weight excluding hydrogens is 396 g/mol. The lowest BCUT2D eigenvalue weighted by Crippen LogP contribution is -2.30. The minimum atomic E-state index is -0.122. The highest BCUT2D eigenvalue weighted by Gasteiger charge is 2.20. The van der Waals surface area contributed by atoms with Crippen molar-refractivity contribution in [2.24, 2.45) is 0 Å². The number of amides is 1. The van der Waals surface area contributed by atoms with Crippen LogP contribution in [0.1, 0.15) is 21.8 Å². The monoisotopic (exact) mass is 418 g/mol. The largest absolute Gasteiger partial charge is 0.497 e. The van der Waals surface area contributed by atoms with Crippen molar-refractivity contribution < 1.29 is 23.2 Å². The summed E-state index contributed by atoms with van der Waals surface area (Å²) in [6.45, 7) is 0.575. The van der Waals surface area contributed by atoms with E-state index in [-0.39, 0.29) is 12.5 Å². The second-order valence-electron chi connectivity index (χ2n) is 6.86. The SMILES string of the molecule is COc1ccc(-c2cc(CN(Cc3ccco3)C(=O)c3ccccc3)no2)c(OC)c1. The molecule has 0 fully saturated rings. The molecule has 0 aliphatic carbocycles. The third-order valence-corrected chi connectivity index (χ3v) is 4.82. The fourth-order valence-electron chi connectivity index (χ4n) is 3.26. The predicted octanol–water partition coefficient (Wildman–Crippen LogP) is 4.79. The normalized spacial score (nSPS) is 10.6. The van der Waals surface area contributed by atoms with Crippen LogP contribution in [0.2, 0.25) is 0 Å². The summed E-state index contributed by atoms with van der Waals surface area (Å²) in [7, 11) is 3.18. The van der Waals surface area contributed by atoms with Gasteiger partial charge in [0.05, 0.1) is 39.1 Å². The Morgan fingerprint density at radius 1 is 0.968 bits per heavy atom.